The van der Waals surface area contributed by atoms with Crippen LogP contribution in [0.4, 0.5) is 0 Å². The fraction of sp³-hybridized carbons (Fsp3) is 0.571. The molecule has 0 radical (unpaired) electrons. The Morgan fingerprint density at radius 2 is 2.40 bits per heavy atom. The molecule has 2 aromatic rings. The fourth-order valence-corrected chi connectivity index (χ4v) is 4.24. The Bertz CT molecular complexity index is 686. The van der Waals surface area contributed by atoms with Crippen molar-refractivity contribution in [3.8, 4) is 0 Å². The van der Waals surface area contributed by atoms with Gasteiger partial charge in [-0.3, -0.25) is 14.1 Å². The number of fused-ring (bicyclic) bond motifs is 1. The maximum atomic E-state index is 12.0. The van der Waals surface area contributed by atoms with E-state index in [9.17, 15) is 4.79 Å². The van der Waals surface area contributed by atoms with Crippen molar-refractivity contribution in [2.75, 3.05) is 26.2 Å². The molecule has 2 aliphatic rings. The predicted molar refractivity (Wildman–Crippen MR) is 79.2 cm³/mol. The van der Waals surface area contributed by atoms with Gasteiger partial charge in [-0.15, -0.1) is 11.3 Å². The van der Waals surface area contributed by atoms with Gasteiger partial charge in [-0.05, 0) is 31.3 Å². The molecular weight excluding hydrogens is 272 g/mol. The van der Waals surface area contributed by atoms with Crippen LogP contribution in [0.1, 0.15) is 18.5 Å². The minimum atomic E-state index is 0.0303. The van der Waals surface area contributed by atoms with Crippen LogP contribution in [0.5, 0.6) is 0 Å². The second-order valence-corrected chi connectivity index (χ2v) is 6.90. The Morgan fingerprint density at radius 3 is 3.25 bits per heavy atom. The van der Waals surface area contributed by atoms with Crippen molar-refractivity contribution < 1.29 is 0 Å². The van der Waals surface area contributed by atoms with E-state index in [1.807, 2.05) is 5.38 Å². The summed E-state index contributed by atoms with van der Waals surface area (Å²) in [6.45, 7) is 5.34. The molecule has 2 aliphatic heterocycles. The van der Waals surface area contributed by atoms with Crippen LogP contribution in [0.2, 0.25) is 0 Å². The summed E-state index contributed by atoms with van der Waals surface area (Å²) in [6.07, 6.45) is 4.33. The average Bonchev–Trinajstić information content (AvgIpc) is 3.12. The molecule has 0 amide bonds. The quantitative estimate of drug-likeness (QED) is 0.894. The fourth-order valence-electron chi connectivity index (χ4n) is 3.50. The Morgan fingerprint density at radius 1 is 1.45 bits per heavy atom. The van der Waals surface area contributed by atoms with E-state index in [4.69, 9.17) is 0 Å². The molecule has 6 heteroatoms. The van der Waals surface area contributed by atoms with Crippen molar-refractivity contribution in [3.05, 3.63) is 33.7 Å². The molecule has 0 bridgehead atoms. The van der Waals surface area contributed by atoms with E-state index in [1.54, 1.807) is 16.7 Å². The van der Waals surface area contributed by atoms with Crippen LogP contribution < -0.4 is 10.9 Å². The van der Waals surface area contributed by atoms with E-state index in [2.05, 4.69) is 15.2 Å². The summed E-state index contributed by atoms with van der Waals surface area (Å²) >= 11 is 1.52. The van der Waals surface area contributed by atoms with Crippen LogP contribution in [0.25, 0.3) is 4.96 Å². The van der Waals surface area contributed by atoms with Gasteiger partial charge in [0, 0.05) is 37.3 Å². The second-order valence-electron chi connectivity index (χ2n) is 6.03. The van der Waals surface area contributed by atoms with Gasteiger partial charge >= 0.3 is 0 Å². The highest BCUT2D eigenvalue weighted by Gasteiger charge is 2.40. The van der Waals surface area contributed by atoms with Crippen LogP contribution in [0.3, 0.4) is 0 Å². The lowest BCUT2D eigenvalue weighted by Gasteiger charge is -2.22. The van der Waals surface area contributed by atoms with Gasteiger partial charge in [0.2, 0.25) is 0 Å². The topological polar surface area (TPSA) is 49.6 Å². The van der Waals surface area contributed by atoms with E-state index >= 15 is 0 Å². The summed E-state index contributed by atoms with van der Waals surface area (Å²) in [5.74, 6) is 0. The maximum Gasteiger partial charge on any atom is 0.258 e. The molecular formula is C14H18N4OS. The zero-order chi connectivity index (χ0) is 13.6. The highest BCUT2D eigenvalue weighted by atomic mass is 32.1. The predicted octanol–water partition coefficient (Wildman–Crippen LogP) is 0.941. The number of hydrogen-bond donors (Lipinski definition) is 1. The van der Waals surface area contributed by atoms with Gasteiger partial charge in [-0.2, -0.15) is 0 Å². The SMILES string of the molecule is O=c1cc(CN2CCC3(CCNC3)C2)nc2sccn12. The van der Waals surface area contributed by atoms with Gasteiger partial charge in [0.1, 0.15) is 0 Å². The lowest BCUT2D eigenvalue weighted by molar-refractivity contribution is 0.266. The van der Waals surface area contributed by atoms with Gasteiger partial charge in [0.25, 0.3) is 5.56 Å². The maximum absolute atomic E-state index is 12.0. The van der Waals surface area contributed by atoms with Crippen molar-refractivity contribution in [2.24, 2.45) is 5.41 Å². The number of aromatic nitrogens is 2. The summed E-state index contributed by atoms with van der Waals surface area (Å²) in [6, 6.07) is 1.68. The van der Waals surface area contributed by atoms with Gasteiger partial charge in [-0.1, -0.05) is 0 Å². The third-order valence-corrected chi connectivity index (χ3v) is 5.35. The zero-order valence-electron chi connectivity index (χ0n) is 11.3. The molecule has 1 N–H and O–H groups in total. The van der Waals surface area contributed by atoms with Gasteiger partial charge in [-0.25, -0.2) is 4.98 Å². The summed E-state index contributed by atoms with van der Waals surface area (Å²) in [4.78, 5) is 19.8. The van der Waals surface area contributed by atoms with Gasteiger partial charge in [0.15, 0.2) is 4.96 Å². The summed E-state index contributed by atoms with van der Waals surface area (Å²) in [7, 11) is 0. The Balaban J connectivity index is 1.54. The van der Waals surface area contributed by atoms with Gasteiger partial charge < -0.3 is 5.32 Å². The molecule has 4 rings (SSSR count). The minimum Gasteiger partial charge on any atom is -0.316 e. The van der Waals surface area contributed by atoms with Crippen molar-refractivity contribution in [3.63, 3.8) is 0 Å². The molecule has 0 aliphatic carbocycles. The Labute approximate surface area is 121 Å². The first-order valence-corrected chi connectivity index (χ1v) is 8.01. The van der Waals surface area contributed by atoms with Crippen molar-refractivity contribution >= 4 is 16.3 Å². The monoisotopic (exact) mass is 290 g/mol. The molecule has 2 aromatic heterocycles. The standard InChI is InChI=1S/C14H18N4OS/c19-12-7-11(16-13-18(12)5-6-20-13)8-17-4-2-14(10-17)1-3-15-9-14/h5-7,15H,1-4,8-10H2. The van der Waals surface area contributed by atoms with Crippen LogP contribution in [-0.2, 0) is 6.54 Å². The van der Waals surface area contributed by atoms with Crippen molar-refractivity contribution in [2.45, 2.75) is 19.4 Å². The molecule has 2 saturated heterocycles. The summed E-state index contributed by atoms with van der Waals surface area (Å²) in [5, 5.41) is 5.38. The van der Waals surface area contributed by atoms with Crippen molar-refractivity contribution in [1.29, 1.82) is 0 Å². The highest BCUT2D eigenvalue weighted by Crippen LogP contribution is 2.36. The third-order valence-electron chi connectivity index (χ3n) is 4.59. The average molecular weight is 290 g/mol. The first-order valence-electron chi connectivity index (χ1n) is 7.13. The van der Waals surface area contributed by atoms with Crippen LogP contribution in [0.15, 0.2) is 22.4 Å². The largest absolute Gasteiger partial charge is 0.316 e. The molecule has 0 saturated carbocycles. The van der Waals surface area contributed by atoms with Crippen LogP contribution in [-0.4, -0.2) is 40.5 Å². The van der Waals surface area contributed by atoms with E-state index in [1.165, 1.54) is 24.2 Å². The lowest BCUT2D eigenvalue weighted by atomic mass is 9.87. The third kappa shape index (κ3) is 2.08. The lowest BCUT2D eigenvalue weighted by Crippen LogP contribution is -2.29. The molecule has 20 heavy (non-hydrogen) atoms. The molecule has 1 atom stereocenters. The molecule has 1 unspecified atom stereocenters. The normalized spacial score (nSPS) is 27.0. The molecule has 0 aromatic carbocycles. The molecule has 106 valence electrons. The van der Waals surface area contributed by atoms with Crippen LogP contribution in [0, 0.1) is 5.41 Å². The van der Waals surface area contributed by atoms with Crippen LogP contribution >= 0.6 is 11.3 Å². The first-order chi connectivity index (χ1) is 9.74. The molecule has 5 nitrogen and oxygen atoms in total. The van der Waals surface area contributed by atoms with E-state index < -0.39 is 0 Å². The minimum absolute atomic E-state index is 0.0303. The van der Waals surface area contributed by atoms with E-state index in [0.717, 1.165) is 43.4 Å². The molecule has 1 spiro atoms. The number of thiazole rings is 1. The van der Waals surface area contributed by atoms with E-state index in [-0.39, 0.29) is 5.56 Å². The number of hydrogen-bond acceptors (Lipinski definition) is 5. The highest BCUT2D eigenvalue weighted by molar-refractivity contribution is 7.15. The number of nitrogens with zero attached hydrogens (tertiary/aromatic N) is 3. The van der Waals surface area contributed by atoms with E-state index in [0.29, 0.717) is 5.41 Å². The second kappa shape index (κ2) is 4.65. The number of nitrogens with one attached hydrogen (secondary N) is 1. The van der Waals surface area contributed by atoms with Crippen molar-refractivity contribution in [1.82, 2.24) is 19.6 Å². The summed E-state index contributed by atoms with van der Waals surface area (Å²) in [5.41, 5.74) is 1.41. The van der Waals surface area contributed by atoms with Gasteiger partial charge in [0.05, 0.1) is 5.69 Å². The first kappa shape index (κ1) is 12.5. The summed E-state index contributed by atoms with van der Waals surface area (Å²) < 4.78 is 1.61. The number of likely N-dealkylation sites (tertiary alicyclic amines) is 1. The molecule has 4 heterocycles. The molecule has 2 fully saturated rings. The Hall–Kier alpha value is -1.24. The smallest absolute Gasteiger partial charge is 0.258 e. The Kier molecular flexibility index (Phi) is 2.90. The zero-order valence-corrected chi connectivity index (χ0v) is 12.2. The number of rotatable bonds is 2.